The van der Waals surface area contributed by atoms with Gasteiger partial charge in [-0.2, -0.15) is 0 Å². The Bertz CT molecular complexity index is 2930. The Labute approximate surface area is 366 Å². The first kappa shape index (κ1) is 39.7. The van der Waals surface area contributed by atoms with E-state index in [9.17, 15) is 0 Å². The predicted molar refractivity (Wildman–Crippen MR) is 266 cm³/mol. The molecule has 0 unspecified atom stereocenters. The van der Waals surface area contributed by atoms with E-state index in [2.05, 4.69) is 238 Å². The summed E-state index contributed by atoms with van der Waals surface area (Å²) in [5.41, 5.74) is 25.1. The van der Waals surface area contributed by atoms with Gasteiger partial charge in [-0.15, -0.1) is 0 Å². The molecule has 1 nitrogen and oxygen atoms in total. The van der Waals surface area contributed by atoms with E-state index < -0.39 is 0 Å². The quantitative estimate of drug-likeness (QED) is 0.173. The van der Waals surface area contributed by atoms with E-state index in [1.165, 1.54) is 83.3 Å². The third-order valence-electron chi connectivity index (χ3n) is 12.0. The minimum absolute atomic E-state index is 0.0944. The fourth-order valence-corrected chi connectivity index (χ4v) is 8.65. The number of rotatable bonds is 5. The van der Waals surface area contributed by atoms with Crippen LogP contribution in [0.3, 0.4) is 0 Å². The van der Waals surface area contributed by atoms with Crippen molar-refractivity contribution in [2.75, 3.05) is 5.73 Å². The molecular formula is C61H49N. The van der Waals surface area contributed by atoms with Crippen molar-refractivity contribution < 1.29 is 0 Å². The first-order valence-corrected chi connectivity index (χ1v) is 21.4. The minimum atomic E-state index is -0.0944. The molecule has 0 spiro atoms. The van der Waals surface area contributed by atoms with Crippen molar-refractivity contribution in [3.63, 3.8) is 0 Å². The van der Waals surface area contributed by atoms with Crippen LogP contribution in [-0.4, -0.2) is 0 Å². The highest BCUT2D eigenvalue weighted by Gasteiger charge is 2.37. The minimum Gasteiger partial charge on any atom is -0.398 e. The zero-order valence-electron chi connectivity index (χ0n) is 35.2. The van der Waals surface area contributed by atoms with E-state index in [4.69, 9.17) is 5.73 Å². The van der Waals surface area contributed by atoms with Crippen LogP contribution < -0.4 is 5.73 Å². The molecule has 0 bridgehead atoms. The highest BCUT2D eigenvalue weighted by molar-refractivity contribution is 6.07. The van der Waals surface area contributed by atoms with Crippen LogP contribution in [-0.2, 0) is 5.41 Å². The van der Waals surface area contributed by atoms with Crippen LogP contribution in [0.4, 0.5) is 5.69 Å². The summed E-state index contributed by atoms with van der Waals surface area (Å²) < 4.78 is 0. The number of hydrogen-bond donors (Lipinski definition) is 1. The normalized spacial score (nSPS) is 11.9. The summed E-state index contributed by atoms with van der Waals surface area (Å²) in [5.74, 6) is 0. The summed E-state index contributed by atoms with van der Waals surface area (Å²) in [6.07, 6.45) is 0. The maximum Gasteiger partial charge on any atom is 0.0397 e. The van der Waals surface area contributed by atoms with Crippen molar-refractivity contribution in [1.82, 2.24) is 0 Å². The van der Waals surface area contributed by atoms with E-state index in [1.54, 1.807) is 0 Å². The summed E-state index contributed by atoms with van der Waals surface area (Å²) in [6, 6.07) is 87.4. The molecule has 0 saturated heterocycles. The van der Waals surface area contributed by atoms with Crippen LogP contribution in [0.25, 0.3) is 77.5 Å². The van der Waals surface area contributed by atoms with Crippen molar-refractivity contribution in [3.8, 4) is 66.8 Å². The molecule has 0 heterocycles. The Hall–Kier alpha value is -7.74. The van der Waals surface area contributed by atoms with Gasteiger partial charge >= 0.3 is 0 Å². The number of nitrogen functional groups attached to an aromatic ring is 1. The van der Waals surface area contributed by atoms with E-state index in [1.807, 2.05) is 24.3 Å². The van der Waals surface area contributed by atoms with Gasteiger partial charge in [0.2, 0.25) is 0 Å². The first-order chi connectivity index (χ1) is 30.4. The molecule has 10 aromatic rings. The second kappa shape index (κ2) is 17.9. The van der Waals surface area contributed by atoms with E-state index in [0.29, 0.717) is 0 Å². The monoisotopic (exact) mass is 795 g/mol. The second-order valence-corrected chi connectivity index (χ2v) is 16.3. The lowest BCUT2D eigenvalue weighted by molar-refractivity contribution is 0.661. The molecule has 1 aliphatic rings. The Morgan fingerprint density at radius 2 is 0.565 bits per heavy atom. The molecular weight excluding hydrogens is 747 g/mol. The summed E-state index contributed by atoms with van der Waals surface area (Å²) in [7, 11) is 0. The van der Waals surface area contributed by atoms with Gasteiger partial charge < -0.3 is 5.73 Å². The molecule has 11 rings (SSSR count). The molecule has 0 amide bonds. The number of benzene rings is 10. The Kier molecular flexibility index (Phi) is 11.4. The molecule has 0 aliphatic heterocycles. The molecule has 0 radical (unpaired) electrons. The van der Waals surface area contributed by atoms with Crippen LogP contribution in [0.2, 0.25) is 0 Å². The molecule has 1 heteroatoms. The van der Waals surface area contributed by atoms with Crippen LogP contribution >= 0.6 is 0 Å². The highest BCUT2D eigenvalue weighted by atomic mass is 14.6. The summed E-state index contributed by atoms with van der Waals surface area (Å²) >= 11 is 0. The summed E-state index contributed by atoms with van der Waals surface area (Å²) in [4.78, 5) is 0. The van der Waals surface area contributed by atoms with Gasteiger partial charge in [0.25, 0.3) is 0 Å². The van der Waals surface area contributed by atoms with Crippen molar-refractivity contribution in [1.29, 1.82) is 0 Å². The van der Waals surface area contributed by atoms with Gasteiger partial charge in [-0.3, -0.25) is 0 Å². The number of fused-ring (bicyclic) bond motifs is 5. The summed E-state index contributed by atoms with van der Waals surface area (Å²) in [5, 5.41) is 2.38. The van der Waals surface area contributed by atoms with Gasteiger partial charge in [0.1, 0.15) is 0 Å². The largest absolute Gasteiger partial charge is 0.398 e. The smallest absolute Gasteiger partial charge is 0.0397 e. The maximum absolute atomic E-state index is 6.47. The Balaban J connectivity index is 0.000000136. The maximum atomic E-state index is 6.47. The lowest BCUT2D eigenvalue weighted by Crippen LogP contribution is -2.15. The van der Waals surface area contributed by atoms with E-state index in [-0.39, 0.29) is 5.41 Å². The van der Waals surface area contributed by atoms with Crippen LogP contribution in [0.1, 0.15) is 25.0 Å². The standard InChI is InChI=1S/C31H25N.C18H14.C12H10/c1-31(2)27-18-23(22-14-12-21(13-15-22)20-8-4-3-5-9-20)16-17-26(27)30-25-11-7-6-10-24(25)29(32)19-28(30)31;1-3-7-15(8-4-1)17-11-13-18(14-12-17)16-9-5-2-6-10-16;1-3-7-11(8-4-1)12-9-5-2-6-10-12/h3-19H,32H2,1-2H3;1-14H;1-10H. The highest BCUT2D eigenvalue weighted by Crippen LogP contribution is 2.53. The number of anilines is 1. The molecule has 1 aliphatic carbocycles. The average molecular weight is 796 g/mol. The summed E-state index contributed by atoms with van der Waals surface area (Å²) in [6.45, 7) is 4.63. The third kappa shape index (κ3) is 8.35. The molecule has 0 atom stereocenters. The lowest BCUT2D eigenvalue weighted by atomic mass is 9.81. The van der Waals surface area contributed by atoms with Crippen molar-refractivity contribution in [3.05, 3.63) is 260 Å². The zero-order valence-corrected chi connectivity index (χ0v) is 35.2. The van der Waals surface area contributed by atoms with E-state index in [0.717, 1.165) is 11.1 Å². The molecule has 62 heavy (non-hydrogen) atoms. The number of nitrogens with two attached hydrogens (primary N) is 1. The molecule has 10 aromatic carbocycles. The predicted octanol–water partition coefficient (Wildman–Crippen LogP) is 16.4. The molecule has 298 valence electrons. The molecule has 0 fully saturated rings. The Morgan fingerprint density at radius 3 is 0.935 bits per heavy atom. The van der Waals surface area contributed by atoms with Crippen LogP contribution in [0.5, 0.6) is 0 Å². The van der Waals surface area contributed by atoms with Crippen molar-refractivity contribution >= 4 is 16.5 Å². The lowest BCUT2D eigenvalue weighted by Gasteiger charge is -2.22. The second-order valence-electron chi connectivity index (χ2n) is 16.3. The fourth-order valence-electron chi connectivity index (χ4n) is 8.65. The topological polar surface area (TPSA) is 26.0 Å². The van der Waals surface area contributed by atoms with Gasteiger partial charge in [0, 0.05) is 16.5 Å². The van der Waals surface area contributed by atoms with Crippen molar-refractivity contribution in [2.24, 2.45) is 0 Å². The molecule has 0 aromatic heterocycles. The average Bonchev–Trinajstić information content (AvgIpc) is 3.58. The van der Waals surface area contributed by atoms with Crippen LogP contribution in [0.15, 0.2) is 249 Å². The van der Waals surface area contributed by atoms with Gasteiger partial charge in [0.15, 0.2) is 0 Å². The zero-order chi connectivity index (χ0) is 42.3. The molecule has 0 saturated carbocycles. The van der Waals surface area contributed by atoms with Gasteiger partial charge in [0.05, 0.1) is 0 Å². The third-order valence-corrected chi connectivity index (χ3v) is 12.0. The van der Waals surface area contributed by atoms with Crippen molar-refractivity contribution in [2.45, 2.75) is 19.3 Å². The van der Waals surface area contributed by atoms with Crippen LogP contribution in [0, 0.1) is 0 Å². The van der Waals surface area contributed by atoms with Gasteiger partial charge in [-0.05, 0) is 95.4 Å². The Morgan fingerprint density at radius 1 is 0.274 bits per heavy atom. The number of hydrogen-bond acceptors (Lipinski definition) is 1. The molecule has 2 N–H and O–H groups in total. The first-order valence-electron chi connectivity index (χ1n) is 21.4. The van der Waals surface area contributed by atoms with Gasteiger partial charge in [-0.25, -0.2) is 0 Å². The fraction of sp³-hybridized carbons (Fsp3) is 0.0492. The SMILES string of the molecule is CC1(C)c2cc(-c3ccc(-c4ccccc4)cc3)ccc2-c2c1cc(N)c1ccccc21.c1ccc(-c2ccc(-c3ccccc3)cc2)cc1.c1ccc(-c2ccccc2)cc1. The van der Waals surface area contributed by atoms with E-state index >= 15 is 0 Å². The van der Waals surface area contributed by atoms with Gasteiger partial charge in [-0.1, -0.05) is 250 Å².